The van der Waals surface area contributed by atoms with Crippen molar-refractivity contribution in [1.29, 1.82) is 0 Å². The van der Waals surface area contributed by atoms with Crippen LogP contribution in [-0.4, -0.2) is 94.4 Å². The van der Waals surface area contributed by atoms with Gasteiger partial charge in [0.25, 0.3) is 22.9 Å². The van der Waals surface area contributed by atoms with E-state index in [0.29, 0.717) is 58.9 Å². The smallest absolute Gasteiger partial charge is 0.272 e. The Morgan fingerprint density at radius 1 is 0.567 bits per heavy atom. The van der Waals surface area contributed by atoms with Crippen LogP contribution >= 0.6 is 23.2 Å². The number of nitrogens with zero attached hydrogens (tertiary/aromatic N) is 4. The number of H-pyrrole nitrogens is 2. The van der Waals surface area contributed by atoms with Crippen LogP contribution in [0.5, 0.6) is 0 Å². The Bertz CT molecular complexity index is 2570. The zero-order valence-corrected chi connectivity index (χ0v) is 34.7. The summed E-state index contributed by atoms with van der Waals surface area (Å²) in [6, 6.07) is 25.8. The van der Waals surface area contributed by atoms with Crippen molar-refractivity contribution in [3.8, 4) is 0 Å². The first kappa shape index (κ1) is 42.3. The minimum absolute atomic E-state index is 0.0566. The molecular formula is C44H48Cl2N10O4. The van der Waals surface area contributed by atoms with E-state index in [9.17, 15) is 19.2 Å². The van der Waals surface area contributed by atoms with Crippen molar-refractivity contribution in [2.24, 2.45) is 0 Å². The summed E-state index contributed by atoms with van der Waals surface area (Å²) >= 11 is 12.1. The second kappa shape index (κ2) is 20.4. The summed E-state index contributed by atoms with van der Waals surface area (Å²) in [5.74, 6) is -0.116. The molecule has 60 heavy (non-hydrogen) atoms. The van der Waals surface area contributed by atoms with Gasteiger partial charge in [0.15, 0.2) is 10.3 Å². The topological polar surface area (TPSA) is 180 Å². The van der Waals surface area contributed by atoms with Gasteiger partial charge in [-0.05, 0) is 124 Å². The lowest BCUT2D eigenvalue weighted by Gasteiger charge is -2.15. The molecule has 0 radical (unpaired) electrons. The first-order valence-electron chi connectivity index (χ1n) is 20.2. The molecule has 0 unspecified atom stereocenters. The number of carbonyl (C=O) groups is 2. The lowest BCUT2D eigenvalue weighted by Crippen LogP contribution is -2.33. The Kier molecular flexibility index (Phi) is 14.4. The zero-order chi connectivity index (χ0) is 41.8. The molecule has 6 aromatic rings. The van der Waals surface area contributed by atoms with Crippen LogP contribution in [0, 0.1) is 0 Å². The van der Waals surface area contributed by atoms with E-state index in [2.05, 4.69) is 51.5 Å². The molecule has 8 rings (SSSR count). The molecule has 16 heteroatoms. The van der Waals surface area contributed by atoms with Crippen molar-refractivity contribution in [2.75, 3.05) is 63.0 Å². The van der Waals surface area contributed by atoms with E-state index in [0.717, 1.165) is 61.8 Å². The summed E-state index contributed by atoms with van der Waals surface area (Å²) in [7, 11) is 0. The number of nitrogens with one attached hydrogen (secondary N) is 6. The third kappa shape index (κ3) is 11.3. The predicted octanol–water partition coefficient (Wildman–Crippen LogP) is 6.03. The zero-order valence-electron chi connectivity index (χ0n) is 33.2. The molecule has 2 aliphatic rings. The molecule has 2 saturated heterocycles. The number of amides is 2. The number of hydrogen-bond acceptors (Lipinski definition) is 10. The highest BCUT2D eigenvalue weighted by molar-refractivity contribution is 6.34. The maximum absolute atomic E-state index is 12.5. The second-order valence-electron chi connectivity index (χ2n) is 14.9. The summed E-state index contributed by atoms with van der Waals surface area (Å²) in [4.78, 5) is 53.5. The second-order valence-corrected chi connectivity index (χ2v) is 15.6. The maximum atomic E-state index is 12.5. The molecule has 4 aromatic carbocycles. The van der Waals surface area contributed by atoms with E-state index in [1.54, 1.807) is 24.3 Å². The van der Waals surface area contributed by atoms with Gasteiger partial charge in [-0.1, -0.05) is 47.5 Å². The quantitative estimate of drug-likeness (QED) is 0.0758. The van der Waals surface area contributed by atoms with Crippen molar-refractivity contribution < 1.29 is 9.59 Å². The van der Waals surface area contributed by atoms with Gasteiger partial charge < -0.3 is 31.1 Å². The van der Waals surface area contributed by atoms with Crippen LogP contribution in [0.3, 0.4) is 0 Å². The van der Waals surface area contributed by atoms with Crippen molar-refractivity contribution in [3.05, 3.63) is 138 Å². The predicted molar refractivity (Wildman–Crippen MR) is 238 cm³/mol. The van der Waals surface area contributed by atoms with Crippen LogP contribution in [0.25, 0.3) is 21.5 Å². The minimum Gasteiger partial charge on any atom is -0.381 e. The third-order valence-corrected chi connectivity index (χ3v) is 11.3. The van der Waals surface area contributed by atoms with Gasteiger partial charge in [-0.25, -0.2) is 10.2 Å². The lowest BCUT2D eigenvalue weighted by molar-refractivity contribution is 0.0941. The molecule has 312 valence electrons. The molecule has 2 fully saturated rings. The Labute approximate surface area is 357 Å². The lowest BCUT2D eigenvalue weighted by atomic mass is 10.1. The summed E-state index contributed by atoms with van der Waals surface area (Å²) in [5.41, 5.74) is 4.29. The number of halogens is 2. The molecule has 0 spiro atoms. The third-order valence-electron chi connectivity index (χ3n) is 10.7. The van der Waals surface area contributed by atoms with Crippen LogP contribution in [-0.2, 0) is 13.1 Å². The Morgan fingerprint density at radius 3 is 1.53 bits per heavy atom. The van der Waals surface area contributed by atoms with Gasteiger partial charge in [0.1, 0.15) is 0 Å². The van der Waals surface area contributed by atoms with Crippen molar-refractivity contribution in [3.63, 3.8) is 0 Å². The highest BCUT2D eigenvalue weighted by Crippen LogP contribution is 2.23. The van der Waals surface area contributed by atoms with Crippen molar-refractivity contribution in [1.82, 2.24) is 40.8 Å². The molecule has 0 bridgehead atoms. The van der Waals surface area contributed by atoms with Gasteiger partial charge in [-0.15, -0.1) is 0 Å². The van der Waals surface area contributed by atoms with Gasteiger partial charge in [0.2, 0.25) is 0 Å². The van der Waals surface area contributed by atoms with Gasteiger partial charge >= 0.3 is 0 Å². The number of carbonyl (C=O) groups excluding carboxylic acids is 2. The number of aromatic amines is 2. The average Bonchev–Trinajstić information content (AvgIpc) is 4.01. The summed E-state index contributed by atoms with van der Waals surface area (Å²) in [6.07, 6.45) is 5.00. The van der Waals surface area contributed by atoms with Gasteiger partial charge in [0.05, 0.1) is 10.8 Å². The van der Waals surface area contributed by atoms with Crippen molar-refractivity contribution in [2.45, 2.75) is 38.8 Å². The Balaban J connectivity index is 0.000000181. The van der Waals surface area contributed by atoms with Crippen LogP contribution in [0.15, 0.2) is 94.5 Å². The highest BCUT2D eigenvalue weighted by Gasteiger charge is 2.14. The number of aromatic nitrogens is 4. The van der Waals surface area contributed by atoms with E-state index in [1.807, 2.05) is 60.7 Å². The van der Waals surface area contributed by atoms with Crippen molar-refractivity contribution >= 4 is 67.9 Å². The van der Waals surface area contributed by atoms with Gasteiger partial charge in [0, 0.05) is 72.5 Å². The van der Waals surface area contributed by atoms with E-state index in [1.165, 1.54) is 25.7 Å². The number of rotatable bonds is 14. The van der Waals surface area contributed by atoms with Crippen LogP contribution in [0.2, 0.25) is 10.3 Å². The highest BCUT2D eigenvalue weighted by atomic mass is 35.5. The average molecular weight is 852 g/mol. The molecular weight excluding hydrogens is 803 g/mol. The van der Waals surface area contributed by atoms with Gasteiger partial charge in [-0.2, -0.15) is 10.2 Å². The molecule has 2 aromatic heterocycles. The number of hydrogen-bond donors (Lipinski definition) is 6. The fraction of sp³-hybridized carbons (Fsp3) is 0.318. The summed E-state index contributed by atoms with van der Waals surface area (Å²) < 4.78 is 0. The van der Waals surface area contributed by atoms with E-state index >= 15 is 0 Å². The van der Waals surface area contributed by atoms with Gasteiger partial charge in [-0.3, -0.25) is 19.2 Å². The molecule has 2 amide bonds. The Morgan fingerprint density at radius 2 is 1.02 bits per heavy atom. The molecule has 6 N–H and O–H groups in total. The van der Waals surface area contributed by atoms with E-state index < -0.39 is 0 Å². The number of likely N-dealkylation sites (tertiary alicyclic amines) is 2. The molecule has 0 saturated carbocycles. The SMILES string of the molecule is O=C(NCCN1CCCC1)c1cccc(CNc2ccc3c(=O)[nH]nc(Cl)c3c2)c1.O=C(NCCN1CCCC1)c1cccc(CNc2ccc3c(Cl)n[nH]c(=O)c3c2)c1. The van der Waals surface area contributed by atoms with E-state index in [-0.39, 0.29) is 33.2 Å². The van der Waals surface area contributed by atoms with Crippen LogP contribution < -0.4 is 32.4 Å². The minimum atomic E-state index is -0.286. The fourth-order valence-electron chi connectivity index (χ4n) is 7.41. The summed E-state index contributed by atoms with van der Waals surface area (Å²) in [6.45, 7) is 8.68. The molecule has 14 nitrogen and oxygen atoms in total. The normalized spacial score (nSPS) is 14.2. The first-order valence-corrected chi connectivity index (χ1v) is 21.0. The van der Waals surface area contributed by atoms with Crippen LogP contribution in [0.4, 0.5) is 11.4 Å². The van der Waals surface area contributed by atoms with E-state index in [4.69, 9.17) is 23.2 Å². The number of benzene rings is 4. The standard InChI is InChI=1S/2C22H24ClN5O2/c23-20-19-13-17(6-7-18(19)22(30)27-26-20)25-14-15-4-3-5-16(12-15)21(29)24-8-11-28-9-1-2-10-28;23-20-18-7-6-17(13-19(18)22(30)27-26-20)25-14-15-4-3-5-16(12-15)21(29)24-8-11-28-9-1-2-10-28/h2*3-7,12-13,25H,1-2,8-11,14H2,(H,24,29)(H,27,30). The van der Waals surface area contributed by atoms with Crippen LogP contribution in [0.1, 0.15) is 57.5 Å². The largest absolute Gasteiger partial charge is 0.381 e. The number of anilines is 2. The molecule has 0 atom stereocenters. The molecule has 2 aliphatic heterocycles. The first-order chi connectivity index (χ1) is 29.2. The maximum Gasteiger partial charge on any atom is 0.272 e. The number of fused-ring (bicyclic) bond motifs is 2. The fourth-order valence-corrected chi connectivity index (χ4v) is 7.82. The molecule has 0 aliphatic carbocycles. The summed E-state index contributed by atoms with van der Waals surface area (Å²) in [5, 5.41) is 27.6. The molecule has 4 heterocycles. The Hall–Kier alpha value is -5.80. The monoisotopic (exact) mass is 850 g/mol.